The fourth-order valence-electron chi connectivity index (χ4n) is 2.40. The third-order valence-electron chi connectivity index (χ3n) is 3.89. The van der Waals surface area contributed by atoms with E-state index in [1.807, 2.05) is 6.07 Å². The Bertz CT molecular complexity index is 777. The lowest BCUT2D eigenvalue weighted by atomic mass is 9.91. The largest absolute Gasteiger partial charge is 0.493 e. The van der Waals surface area contributed by atoms with Gasteiger partial charge < -0.3 is 25.1 Å². The average molecular weight is 359 g/mol. The van der Waals surface area contributed by atoms with E-state index < -0.39 is 17.5 Å². The number of hydrogen-bond donors (Lipinski definition) is 2. The number of carbonyl (C=O) groups is 2. The molecule has 2 aromatic carbocycles. The number of carboxylic acid groups (broad SMARTS) is 1. The molecular formula is C19H21NO6. The Balaban J connectivity index is 2.18. The van der Waals surface area contributed by atoms with Crippen molar-refractivity contribution in [2.24, 2.45) is 5.73 Å². The van der Waals surface area contributed by atoms with Gasteiger partial charge in [0.2, 0.25) is 5.54 Å². The number of nitrogens with two attached hydrogens (primary N) is 1. The van der Waals surface area contributed by atoms with Crippen molar-refractivity contribution in [2.45, 2.75) is 18.6 Å². The Morgan fingerprint density at radius 3 is 2.23 bits per heavy atom. The second-order valence-corrected chi connectivity index (χ2v) is 5.70. The zero-order valence-electron chi connectivity index (χ0n) is 14.6. The Hall–Kier alpha value is -3.06. The van der Waals surface area contributed by atoms with E-state index in [9.17, 15) is 14.7 Å². The summed E-state index contributed by atoms with van der Waals surface area (Å²) in [6.45, 7) is -0.0577. The van der Waals surface area contributed by atoms with Gasteiger partial charge in [-0.15, -0.1) is 0 Å². The molecule has 26 heavy (non-hydrogen) atoms. The molecule has 1 unspecified atom stereocenters. The molecular weight excluding hydrogens is 338 g/mol. The number of benzene rings is 2. The van der Waals surface area contributed by atoms with Gasteiger partial charge in [0.1, 0.15) is 6.61 Å². The van der Waals surface area contributed by atoms with Crippen molar-refractivity contribution in [3.05, 3.63) is 59.7 Å². The highest BCUT2D eigenvalue weighted by molar-refractivity contribution is 6.04. The van der Waals surface area contributed by atoms with Crippen molar-refractivity contribution in [3.8, 4) is 11.5 Å². The van der Waals surface area contributed by atoms with Crippen LogP contribution in [0.3, 0.4) is 0 Å². The normalized spacial score (nSPS) is 12.7. The molecule has 2 aromatic rings. The van der Waals surface area contributed by atoms with Crippen LogP contribution in [-0.2, 0) is 27.4 Å². The maximum atomic E-state index is 12.4. The van der Waals surface area contributed by atoms with Crippen molar-refractivity contribution >= 4 is 11.9 Å². The monoisotopic (exact) mass is 359 g/mol. The van der Waals surface area contributed by atoms with Gasteiger partial charge in [0, 0.05) is 6.42 Å². The van der Waals surface area contributed by atoms with Crippen LogP contribution in [-0.4, -0.2) is 36.8 Å². The summed E-state index contributed by atoms with van der Waals surface area (Å²) in [5.74, 6) is -1.58. The number of hydrogen-bond acceptors (Lipinski definition) is 6. The summed E-state index contributed by atoms with van der Waals surface area (Å²) in [5.41, 5.74) is 4.92. The predicted octanol–water partition coefficient (Wildman–Crippen LogP) is 1.77. The van der Waals surface area contributed by atoms with E-state index in [1.54, 1.807) is 42.5 Å². The summed E-state index contributed by atoms with van der Waals surface area (Å²) in [6.07, 6.45) is -0.254. The minimum absolute atomic E-state index is 0.0577. The number of esters is 1. The van der Waals surface area contributed by atoms with Gasteiger partial charge in [-0.3, -0.25) is 0 Å². The highest BCUT2D eigenvalue weighted by Gasteiger charge is 2.44. The first-order chi connectivity index (χ1) is 12.4. The Morgan fingerprint density at radius 1 is 1.00 bits per heavy atom. The molecule has 1 atom stereocenters. The number of aliphatic carboxylic acids is 1. The topological polar surface area (TPSA) is 108 Å². The molecule has 7 heteroatoms. The van der Waals surface area contributed by atoms with E-state index in [4.69, 9.17) is 19.9 Å². The van der Waals surface area contributed by atoms with E-state index in [2.05, 4.69) is 0 Å². The summed E-state index contributed by atoms with van der Waals surface area (Å²) >= 11 is 0. The lowest BCUT2D eigenvalue weighted by molar-refractivity contribution is -0.161. The standard InChI is InChI=1S/C19H21NO6/c1-24-15-9-8-14(10-16(15)25-2)11-19(20,17(21)22)18(23)26-12-13-6-4-3-5-7-13/h3-10H,11-12,20H2,1-2H3,(H,21,22). The van der Waals surface area contributed by atoms with Crippen LogP contribution in [0.5, 0.6) is 11.5 Å². The third kappa shape index (κ3) is 4.31. The third-order valence-corrected chi connectivity index (χ3v) is 3.89. The van der Waals surface area contributed by atoms with Gasteiger partial charge in [-0.25, -0.2) is 9.59 Å². The molecule has 0 spiro atoms. The van der Waals surface area contributed by atoms with Gasteiger partial charge in [-0.2, -0.15) is 0 Å². The smallest absolute Gasteiger partial charge is 0.338 e. The summed E-state index contributed by atoms with van der Waals surface area (Å²) in [4.78, 5) is 24.1. The van der Waals surface area contributed by atoms with Crippen LogP contribution in [0, 0.1) is 0 Å². The minimum atomic E-state index is -2.21. The highest BCUT2D eigenvalue weighted by atomic mass is 16.5. The first-order valence-electron chi connectivity index (χ1n) is 7.85. The molecule has 0 aromatic heterocycles. The summed E-state index contributed by atoms with van der Waals surface area (Å²) < 4.78 is 15.5. The number of ether oxygens (including phenoxy) is 3. The first-order valence-corrected chi connectivity index (χ1v) is 7.85. The van der Waals surface area contributed by atoms with Crippen LogP contribution >= 0.6 is 0 Å². The second kappa shape index (κ2) is 8.35. The lowest BCUT2D eigenvalue weighted by Crippen LogP contribution is -2.57. The molecule has 0 aliphatic rings. The molecule has 0 fully saturated rings. The fraction of sp³-hybridized carbons (Fsp3) is 0.263. The highest BCUT2D eigenvalue weighted by Crippen LogP contribution is 2.29. The number of methoxy groups -OCH3 is 2. The Labute approximate surface area is 151 Å². The van der Waals surface area contributed by atoms with Crippen LogP contribution in [0.1, 0.15) is 11.1 Å². The quantitative estimate of drug-likeness (QED) is 0.546. The molecule has 138 valence electrons. The van der Waals surface area contributed by atoms with E-state index >= 15 is 0 Å². The summed E-state index contributed by atoms with van der Waals surface area (Å²) in [7, 11) is 2.95. The zero-order valence-corrected chi connectivity index (χ0v) is 14.6. The SMILES string of the molecule is COc1ccc(CC(N)(C(=O)O)C(=O)OCc2ccccc2)cc1OC. The van der Waals surface area contributed by atoms with E-state index in [-0.39, 0.29) is 13.0 Å². The first kappa shape index (κ1) is 19.3. The van der Waals surface area contributed by atoms with Crippen molar-refractivity contribution < 1.29 is 28.9 Å². The molecule has 3 N–H and O–H groups in total. The van der Waals surface area contributed by atoms with Gasteiger partial charge in [-0.05, 0) is 23.3 Å². The van der Waals surface area contributed by atoms with Crippen molar-refractivity contribution in [1.29, 1.82) is 0 Å². The molecule has 0 aliphatic heterocycles. The van der Waals surface area contributed by atoms with Crippen molar-refractivity contribution in [3.63, 3.8) is 0 Å². The maximum absolute atomic E-state index is 12.4. The van der Waals surface area contributed by atoms with Crippen LogP contribution < -0.4 is 15.2 Å². The fourth-order valence-corrected chi connectivity index (χ4v) is 2.40. The zero-order chi connectivity index (χ0) is 19.2. The molecule has 0 bridgehead atoms. The molecule has 0 amide bonds. The van der Waals surface area contributed by atoms with Gasteiger partial charge in [0.15, 0.2) is 11.5 Å². The summed E-state index contributed by atoms with van der Waals surface area (Å²) in [5, 5.41) is 9.51. The van der Waals surface area contributed by atoms with Crippen LogP contribution in [0.4, 0.5) is 0 Å². The predicted molar refractivity (Wildman–Crippen MR) is 94.0 cm³/mol. The molecule has 0 aliphatic carbocycles. The maximum Gasteiger partial charge on any atom is 0.338 e. The minimum Gasteiger partial charge on any atom is -0.493 e. The van der Waals surface area contributed by atoms with Crippen LogP contribution in [0.2, 0.25) is 0 Å². The van der Waals surface area contributed by atoms with E-state index in [1.165, 1.54) is 14.2 Å². The van der Waals surface area contributed by atoms with Crippen LogP contribution in [0.15, 0.2) is 48.5 Å². The number of rotatable bonds is 8. The van der Waals surface area contributed by atoms with Gasteiger partial charge in [0.05, 0.1) is 14.2 Å². The lowest BCUT2D eigenvalue weighted by Gasteiger charge is -2.23. The van der Waals surface area contributed by atoms with E-state index in [0.717, 1.165) is 5.56 Å². The van der Waals surface area contributed by atoms with Crippen LogP contribution in [0.25, 0.3) is 0 Å². The molecule has 2 rings (SSSR count). The van der Waals surface area contributed by atoms with Gasteiger partial charge >= 0.3 is 11.9 Å². The molecule has 0 radical (unpaired) electrons. The van der Waals surface area contributed by atoms with Gasteiger partial charge in [-0.1, -0.05) is 36.4 Å². The molecule has 0 saturated carbocycles. The Kier molecular flexibility index (Phi) is 6.19. The van der Waals surface area contributed by atoms with Gasteiger partial charge in [0.25, 0.3) is 0 Å². The van der Waals surface area contributed by atoms with E-state index in [0.29, 0.717) is 17.1 Å². The second-order valence-electron chi connectivity index (χ2n) is 5.70. The molecule has 7 nitrogen and oxygen atoms in total. The number of carboxylic acids is 1. The molecule has 0 saturated heterocycles. The average Bonchev–Trinajstić information content (AvgIpc) is 2.66. The van der Waals surface area contributed by atoms with Crippen molar-refractivity contribution in [2.75, 3.05) is 14.2 Å². The summed E-state index contributed by atoms with van der Waals surface area (Å²) in [6, 6.07) is 13.8. The Morgan fingerprint density at radius 2 is 1.65 bits per heavy atom. The molecule has 0 heterocycles. The van der Waals surface area contributed by atoms with Crippen molar-refractivity contribution in [1.82, 2.24) is 0 Å². The number of carbonyl (C=O) groups excluding carboxylic acids is 1.